The summed E-state index contributed by atoms with van der Waals surface area (Å²) in [5, 5.41) is 3.42. The highest BCUT2D eigenvalue weighted by molar-refractivity contribution is 7.92. The van der Waals surface area contributed by atoms with Gasteiger partial charge in [-0.25, -0.2) is 8.42 Å². The van der Waals surface area contributed by atoms with Gasteiger partial charge in [0.1, 0.15) is 18.3 Å². The van der Waals surface area contributed by atoms with Crippen LogP contribution in [0.25, 0.3) is 0 Å². The number of likely N-dealkylation sites (N-methyl/N-ethyl adjacent to an activating group) is 1. The predicted molar refractivity (Wildman–Crippen MR) is 174 cm³/mol. The van der Waals surface area contributed by atoms with Crippen molar-refractivity contribution in [1.82, 2.24) is 10.2 Å². The Morgan fingerprint density at radius 3 is 2.11 bits per heavy atom. The van der Waals surface area contributed by atoms with Gasteiger partial charge in [-0.1, -0.05) is 89.9 Å². The predicted octanol–water partition coefficient (Wildman–Crippen LogP) is 5.97. The largest absolute Gasteiger partial charge is 0.495 e. The third-order valence-corrected chi connectivity index (χ3v) is 9.41. The van der Waals surface area contributed by atoms with Crippen molar-refractivity contribution in [2.75, 3.05) is 24.5 Å². The molecule has 8 nitrogen and oxygen atoms in total. The number of rotatable bonds is 13. The number of hydrogen-bond donors (Lipinski definition) is 1. The molecular formula is C33H33Cl2N3O5S. The number of halogens is 2. The first kappa shape index (κ1) is 32.9. The number of anilines is 1. The normalized spacial score (nSPS) is 11.8. The summed E-state index contributed by atoms with van der Waals surface area (Å²) >= 11 is 12.9. The van der Waals surface area contributed by atoms with Gasteiger partial charge in [0.25, 0.3) is 10.0 Å². The maximum absolute atomic E-state index is 14.4. The fraction of sp³-hybridized carbons (Fsp3) is 0.212. The summed E-state index contributed by atoms with van der Waals surface area (Å²) in [5.41, 5.74) is 1.59. The zero-order valence-electron chi connectivity index (χ0n) is 24.3. The number of nitrogens with one attached hydrogen (secondary N) is 1. The summed E-state index contributed by atoms with van der Waals surface area (Å²) in [4.78, 5) is 29.3. The van der Waals surface area contributed by atoms with E-state index in [1.807, 2.05) is 30.3 Å². The first-order chi connectivity index (χ1) is 21.1. The van der Waals surface area contributed by atoms with Crippen LogP contribution in [0.1, 0.15) is 18.1 Å². The minimum Gasteiger partial charge on any atom is -0.495 e. The van der Waals surface area contributed by atoms with Crippen molar-refractivity contribution in [2.24, 2.45) is 0 Å². The minimum atomic E-state index is -4.26. The average molecular weight is 655 g/mol. The summed E-state index contributed by atoms with van der Waals surface area (Å²) < 4.78 is 34.3. The van der Waals surface area contributed by atoms with Gasteiger partial charge in [-0.2, -0.15) is 0 Å². The van der Waals surface area contributed by atoms with Crippen molar-refractivity contribution < 1.29 is 22.7 Å². The van der Waals surface area contributed by atoms with Crippen LogP contribution in [0.15, 0.2) is 108 Å². The number of nitrogens with zero attached hydrogens (tertiary/aromatic N) is 2. The number of benzene rings is 4. The Balaban J connectivity index is 1.82. The van der Waals surface area contributed by atoms with Crippen LogP contribution in [0.5, 0.6) is 5.75 Å². The van der Waals surface area contributed by atoms with Crippen LogP contribution in [0.2, 0.25) is 10.0 Å². The number of amides is 2. The molecule has 0 spiro atoms. The molecule has 230 valence electrons. The van der Waals surface area contributed by atoms with E-state index >= 15 is 0 Å². The van der Waals surface area contributed by atoms with E-state index in [-0.39, 0.29) is 34.5 Å². The van der Waals surface area contributed by atoms with Crippen LogP contribution in [-0.4, -0.2) is 51.4 Å². The minimum absolute atomic E-state index is 0.0121. The molecule has 1 N–H and O–H groups in total. The zero-order valence-corrected chi connectivity index (χ0v) is 26.6. The molecule has 4 aromatic carbocycles. The van der Waals surface area contributed by atoms with Gasteiger partial charge in [-0.15, -0.1) is 0 Å². The lowest BCUT2D eigenvalue weighted by Gasteiger charge is -2.34. The van der Waals surface area contributed by atoms with E-state index in [2.05, 4.69) is 5.32 Å². The second-order valence-corrected chi connectivity index (χ2v) is 12.5. The Morgan fingerprint density at radius 2 is 1.50 bits per heavy atom. The molecule has 2 amide bonds. The molecule has 0 radical (unpaired) electrons. The second kappa shape index (κ2) is 15.1. The van der Waals surface area contributed by atoms with E-state index in [1.165, 1.54) is 42.3 Å². The molecular weight excluding hydrogens is 621 g/mol. The Kier molecular flexibility index (Phi) is 11.3. The molecule has 0 aliphatic carbocycles. The van der Waals surface area contributed by atoms with Crippen LogP contribution in [0.3, 0.4) is 0 Å². The quantitative estimate of drug-likeness (QED) is 0.192. The monoisotopic (exact) mass is 653 g/mol. The standard InChI is InChI=1S/C33H33Cl2N3O5S/c1-3-36-33(40)30(20-24-12-6-4-7-13-24)37(22-25-14-10-11-17-28(25)34)32(39)23-38(26-18-19-31(43-2)29(35)21-26)44(41,42)27-15-8-5-9-16-27/h4-19,21,30H,3,20,22-23H2,1-2H3,(H,36,40). The first-order valence-electron chi connectivity index (χ1n) is 13.9. The van der Waals surface area contributed by atoms with Crippen molar-refractivity contribution >= 4 is 50.7 Å². The van der Waals surface area contributed by atoms with E-state index in [0.29, 0.717) is 22.9 Å². The highest BCUT2D eigenvalue weighted by Crippen LogP contribution is 2.32. The van der Waals surface area contributed by atoms with Crippen molar-refractivity contribution in [1.29, 1.82) is 0 Å². The number of carbonyl (C=O) groups excluding carboxylic acids is 2. The summed E-state index contributed by atoms with van der Waals surface area (Å²) in [6.07, 6.45) is 0.197. The average Bonchev–Trinajstić information content (AvgIpc) is 3.03. The molecule has 4 rings (SSSR count). The lowest BCUT2D eigenvalue weighted by atomic mass is 10.0. The molecule has 0 heterocycles. The topological polar surface area (TPSA) is 96.0 Å². The molecule has 4 aromatic rings. The van der Waals surface area contributed by atoms with Gasteiger partial charge in [0.2, 0.25) is 11.8 Å². The van der Waals surface area contributed by atoms with Crippen molar-refractivity contribution in [3.05, 3.63) is 124 Å². The van der Waals surface area contributed by atoms with Crippen molar-refractivity contribution in [2.45, 2.75) is 30.8 Å². The zero-order chi connectivity index (χ0) is 31.7. The molecule has 0 saturated carbocycles. The second-order valence-electron chi connectivity index (χ2n) is 9.86. The number of ether oxygens (including phenoxy) is 1. The van der Waals surface area contributed by atoms with Crippen molar-refractivity contribution in [3.63, 3.8) is 0 Å². The van der Waals surface area contributed by atoms with Gasteiger partial charge >= 0.3 is 0 Å². The third kappa shape index (κ3) is 7.91. The lowest BCUT2D eigenvalue weighted by Crippen LogP contribution is -2.53. The summed E-state index contributed by atoms with van der Waals surface area (Å²) in [6, 6.07) is 27.6. The lowest BCUT2D eigenvalue weighted by molar-refractivity contribution is -0.140. The maximum atomic E-state index is 14.4. The SMILES string of the molecule is CCNC(=O)C(Cc1ccccc1)N(Cc1ccccc1Cl)C(=O)CN(c1ccc(OC)c(Cl)c1)S(=O)(=O)c1ccccc1. The fourth-order valence-corrected chi connectivity index (χ4v) is 6.59. The van der Waals surface area contributed by atoms with Gasteiger partial charge in [-0.05, 0) is 54.4 Å². The molecule has 44 heavy (non-hydrogen) atoms. The number of hydrogen-bond acceptors (Lipinski definition) is 5. The van der Waals surface area contributed by atoms with E-state index in [1.54, 1.807) is 49.4 Å². The molecule has 1 atom stereocenters. The van der Waals surface area contributed by atoms with Gasteiger partial charge in [0, 0.05) is 24.5 Å². The van der Waals surface area contributed by atoms with Crippen LogP contribution in [0, 0.1) is 0 Å². The Labute approximate surface area is 268 Å². The third-order valence-electron chi connectivity index (χ3n) is 6.95. The number of sulfonamides is 1. The highest BCUT2D eigenvalue weighted by atomic mass is 35.5. The summed E-state index contributed by atoms with van der Waals surface area (Å²) in [6.45, 7) is 1.49. The summed E-state index contributed by atoms with van der Waals surface area (Å²) in [7, 11) is -2.81. The molecule has 0 aliphatic rings. The van der Waals surface area contributed by atoms with E-state index in [9.17, 15) is 18.0 Å². The Morgan fingerprint density at radius 1 is 0.864 bits per heavy atom. The number of carbonyl (C=O) groups is 2. The Hall–Kier alpha value is -4.05. The molecule has 0 bridgehead atoms. The first-order valence-corrected chi connectivity index (χ1v) is 16.1. The molecule has 0 aromatic heterocycles. The fourth-order valence-electron chi connectivity index (χ4n) is 4.71. The van der Waals surface area contributed by atoms with Crippen LogP contribution in [-0.2, 0) is 32.6 Å². The van der Waals surface area contributed by atoms with E-state index in [4.69, 9.17) is 27.9 Å². The Bertz CT molecular complexity index is 1690. The smallest absolute Gasteiger partial charge is 0.264 e. The molecule has 1 unspecified atom stereocenters. The van der Waals surface area contributed by atoms with Gasteiger partial charge < -0.3 is 15.0 Å². The highest BCUT2D eigenvalue weighted by Gasteiger charge is 2.35. The molecule has 0 aliphatic heterocycles. The van der Waals surface area contributed by atoms with Crippen molar-refractivity contribution in [3.8, 4) is 5.75 Å². The summed E-state index contributed by atoms with van der Waals surface area (Å²) in [5.74, 6) is -0.636. The number of methoxy groups -OCH3 is 1. The maximum Gasteiger partial charge on any atom is 0.264 e. The molecule has 11 heteroatoms. The molecule has 0 saturated heterocycles. The van der Waals surface area contributed by atoms with Crippen LogP contribution in [0.4, 0.5) is 5.69 Å². The van der Waals surface area contributed by atoms with Gasteiger partial charge in [-0.3, -0.25) is 13.9 Å². The van der Waals surface area contributed by atoms with Gasteiger partial charge in [0.15, 0.2) is 0 Å². The van der Waals surface area contributed by atoms with Crippen LogP contribution >= 0.6 is 23.2 Å². The van der Waals surface area contributed by atoms with E-state index < -0.39 is 28.5 Å². The van der Waals surface area contributed by atoms with Gasteiger partial charge in [0.05, 0.1) is 22.7 Å². The van der Waals surface area contributed by atoms with E-state index in [0.717, 1.165) is 9.87 Å². The molecule has 0 fully saturated rings. The van der Waals surface area contributed by atoms with Crippen LogP contribution < -0.4 is 14.4 Å².